The molecular formula is C15H16Cl2N2O3. The third-order valence-electron chi connectivity index (χ3n) is 3.18. The van der Waals surface area contributed by atoms with E-state index in [2.05, 4.69) is 10.6 Å². The molecule has 7 heteroatoms. The van der Waals surface area contributed by atoms with Gasteiger partial charge in [0.25, 0.3) is 11.8 Å². The lowest BCUT2D eigenvalue weighted by Gasteiger charge is -2.18. The molecule has 2 N–H and O–H groups in total. The van der Waals surface area contributed by atoms with Gasteiger partial charge in [-0.3, -0.25) is 9.59 Å². The molecular weight excluding hydrogens is 327 g/mol. The number of anilines is 1. The van der Waals surface area contributed by atoms with Crippen LogP contribution in [-0.4, -0.2) is 31.1 Å². The fourth-order valence-corrected chi connectivity index (χ4v) is 2.70. The Bertz CT molecular complexity index is 584. The fraction of sp³-hybridized carbons (Fsp3) is 0.333. The molecule has 2 rings (SSSR count). The molecule has 1 aliphatic carbocycles. The van der Waals surface area contributed by atoms with Gasteiger partial charge in [-0.15, -0.1) is 0 Å². The number of ether oxygens (including phenoxy) is 1. The van der Waals surface area contributed by atoms with Crippen LogP contribution in [0.5, 0.6) is 0 Å². The maximum atomic E-state index is 12.2. The Hall–Kier alpha value is -1.56. The van der Waals surface area contributed by atoms with E-state index in [4.69, 9.17) is 27.9 Å². The first-order chi connectivity index (χ1) is 10.5. The van der Waals surface area contributed by atoms with Crippen molar-refractivity contribution in [2.45, 2.75) is 25.0 Å². The van der Waals surface area contributed by atoms with Crippen molar-refractivity contribution in [3.8, 4) is 0 Å². The van der Waals surface area contributed by atoms with Crippen LogP contribution in [0.2, 0.25) is 10.0 Å². The highest BCUT2D eigenvalue weighted by atomic mass is 35.5. The van der Waals surface area contributed by atoms with Gasteiger partial charge in [0.15, 0.2) is 0 Å². The summed E-state index contributed by atoms with van der Waals surface area (Å²) in [6.45, 7) is 0. The predicted octanol–water partition coefficient (Wildman–Crippen LogP) is 2.78. The van der Waals surface area contributed by atoms with Crippen LogP contribution >= 0.6 is 23.2 Å². The summed E-state index contributed by atoms with van der Waals surface area (Å²) in [5.41, 5.74) is 0.401. The van der Waals surface area contributed by atoms with Crippen molar-refractivity contribution >= 4 is 40.7 Å². The monoisotopic (exact) mass is 342 g/mol. The smallest absolute Gasteiger partial charge is 0.263 e. The molecule has 0 aliphatic heterocycles. The number of allylic oxidation sites excluding steroid dienone is 1. The highest BCUT2D eigenvalue weighted by molar-refractivity contribution is 6.35. The molecule has 0 heterocycles. The predicted molar refractivity (Wildman–Crippen MR) is 86.2 cm³/mol. The molecule has 0 radical (unpaired) electrons. The molecule has 1 aromatic carbocycles. The van der Waals surface area contributed by atoms with Gasteiger partial charge in [-0.25, -0.2) is 0 Å². The van der Waals surface area contributed by atoms with Crippen molar-refractivity contribution in [2.24, 2.45) is 0 Å². The van der Waals surface area contributed by atoms with Crippen LogP contribution < -0.4 is 10.6 Å². The van der Waals surface area contributed by atoms with E-state index in [0.29, 0.717) is 15.7 Å². The van der Waals surface area contributed by atoms with Crippen LogP contribution in [0.25, 0.3) is 0 Å². The zero-order chi connectivity index (χ0) is 16.1. The minimum absolute atomic E-state index is 0.0569. The zero-order valence-corrected chi connectivity index (χ0v) is 13.4. The molecule has 0 bridgehead atoms. The van der Waals surface area contributed by atoms with Crippen molar-refractivity contribution < 1.29 is 14.3 Å². The molecule has 0 saturated heterocycles. The molecule has 0 spiro atoms. The second kappa shape index (κ2) is 7.63. The fourth-order valence-electron chi connectivity index (χ4n) is 2.18. The summed E-state index contributed by atoms with van der Waals surface area (Å²) >= 11 is 11.7. The van der Waals surface area contributed by atoms with Crippen LogP contribution in [0.4, 0.5) is 5.69 Å². The van der Waals surface area contributed by atoms with Crippen LogP contribution in [-0.2, 0) is 14.3 Å². The van der Waals surface area contributed by atoms with Gasteiger partial charge in [0.05, 0.1) is 0 Å². The number of carbonyl (C=O) groups excluding carboxylic acids is 2. The van der Waals surface area contributed by atoms with Gasteiger partial charge in [-0.2, -0.15) is 0 Å². The molecule has 22 heavy (non-hydrogen) atoms. The first kappa shape index (κ1) is 16.8. The van der Waals surface area contributed by atoms with Gasteiger partial charge < -0.3 is 15.4 Å². The van der Waals surface area contributed by atoms with Crippen LogP contribution in [0, 0.1) is 0 Å². The number of hydrogen-bond acceptors (Lipinski definition) is 3. The van der Waals surface area contributed by atoms with E-state index in [-0.39, 0.29) is 6.04 Å². The Morgan fingerprint density at radius 3 is 2.45 bits per heavy atom. The van der Waals surface area contributed by atoms with Crippen LogP contribution in [0.3, 0.4) is 0 Å². The topological polar surface area (TPSA) is 67.4 Å². The summed E-state index contributed by atoms with van der Waals surface area (Å²) in [5, 5.41) is 6.10. The van der Waals surface area contributed by atoms with Crippen LogP contribution in [0.1, 0.15) is 12.8 Å². The molecule has 0 saturated carbocycles. The van der Waals surface area contributed by atoms with Crippen molar-refractivity contribution in [1.29, 1.82) is 0 Å². The number of carbonyl (C=O) groups is 2. The Morgan fingerprint density at radius 1 is 1.23 bits per heavy atom. The Kier molecular flexibility index (Phi) is 5.83. The van der Waals surface area contributed by atoms with Crippen molar-refractivity contribution in [3.63, 3.8) is 0 Å². The highest BCUT2D eigenvalue weighted by Gasteiger charge is 2.28. The number of hydrogen-bond donors (Lipinski definition) is 2. The normalized spacial score (nSPS) is 18.0. The summed E-state index contributed by atoms with van der Waals surface area (Å²) in [4.78, 5) is 24.3. The maximum Gasteiger partial charge on any atom is 0.263 e. The molecule has 2 amide bonds. The van der Waals surface area contributed by atoms with Gasteiger partial charge in [-0.1, -0.05) is 35.4 Å². The van der Waals surface area contributed by atoms with Crippen molar-refractivity contribution in [3.05, 3.63) is 40.4 Å². The van der Waals surface area contributed by atoms with E-state index in [1.54, 1.807) is 6.07 Å². The summed E-state index contributed by atoms with van der Waals surface area (Å²) in [6.07, 6.45) is 4.38. The van der Waals surface area contributed by atoms with E-state index in [1.165, 1.54) is 19.2 Å². The Morgan fingerprint density at radius 2 is 1.91 bits per heavy atom. The molecule has 0 fully saturated rings. The highest BCUT2D eigenvalue weighted by Crippen LogP contribution is 2.22. The van der Waals surface area contributed by atoms with E-state index >= 15 is 0 Å². The quantitative estimate of drug-likeness (QED) is 0.638. The lowest BCUT2D eigenvalue weighted by molar-refractivity contribution is -0.140. The number of nitrogens with one attached hydrogen (secondary N) is 2. The second-order valence-electron chi connectivity index (χ2n) is 4.88. The summed E-state index contributed by atoms with van der Waals surface area (Å²) in [7, 11) is 1.30. The Balaban J connectivity index is 2.01. The maximum absolute atomic E-state index is 12.2. The zero-order valence-electron chi connectivity index (χ0n) is 11.9. The molecule has 1 aliphatic rings. The summed E-state index contributed by atoms with van der Waals surface area (Å²) in [5.74, 6) is -1.06. The molecule has 2 unspecified atom stereocenters. The SMILES string of the molecule is COC(C(=O)Nc1cc(Cl)cc(Cl)c1)C(=O)NC1C=CCC1. The average molecular weight is 343 g/mol. The van der Waals surface area contributed by atoms with Crippen LogP contribution in [0.15, 0.2) is 30.4 Å². The number of rotatable bonds is 5. The third-order valence-corrected chi connectivity index (χ3v) is 3.62. The lowest BCUT2D eigenvalue weighted by atomic mass is 10.2. The van der Waals surface area contributed by atoms with Gasteiger partial charge in [0.1, 0.15) is 0 Å². The second-order valence-corrected chi connectivity index (χ2v) is 5.76. The Labute approximate surface area is 138 Å². The molecule has 0 aromatic heterocycles. The third kappa shape index (κ3) is 4.47. The molecule has 2 atom stereocenters. The minimum Gasteiger partial charge on any atom is -0.362 e. The van der Waals surface area contributed by atoms with E-state index in [1.807, 2.05) is 12.2 Å². The van der Waals surface area contributed by atoms with E-state index in [0.717, 1.165) is 12.8 Å². The first-order valence-corrected chi connectivity index (χ1v) is 7.52. The summed E-state index contributed by atoms with van der Waals surface area (Å²) < 4.78 is 5.00. The van der Waals surface area contributed by atoms with Crippen molar-refractivity contribution in [1.82, 2.24) is 5.32 Å². The van der Waals surface area contributed by atoms with Gasteiger partial charge in [0.2, 0.25) is 6.10 Å². The molecule has 5 nitrogen and oxygen atoms in total. The number of methoxy groups -OCH3 is 1. The lowest BCUT2D eigenvalue weighted by Crippen LogP contribution is -2.46. The van der Waals surface area contributed by atoms with E-state index in [9.17, 15) is 9.59 Å². The number of halogens is 2. The summed E-state index contributed by atoms with van der Waals surface area (Å²) in [6, 6.07) is 4.57. The van der Waals surface area contributed by atoms with Gasteiger partial charge >= 0.3 is 0 Å². The largest absolute Gasteiger partial charge is 0.362 e. The number of benzene rings is 1. The molecule has 118 valence electrons. The van der Waals surface area contributed by atoms with Gasteiger partial charge in [-0.05, 0) is 31.0 Å². The average Bonchev–Trinajstić information content (AvgIpc) is 2.90. The first-order valence-electron chi connectivity index (χ1n) is 6.76. The minimum atomic E-state index is -1.24. The number of amides is 2. The standard InChI is InChI=1S/C15H16Cl2N2O3/c1-22-13(14(20)18-11-4-2-3-5-11)15(21)19-12-7-9(16)6-10(17)8-12/h2,4,6-8,11,13H,3,5H2,1H3,(H,18,20)(H,19,21). The molecule has 1 aromatic rings. The van der Waals surface area contributed by atoms with Crippen molar-refractivity contribution in [2.75, 3.05) is 12.4 Å². The van der Waals surface area contributed by atoms with Gasteiger partial charge in [0, 0.05) is 28.9 Å². The van der Waals surface area contributed by atoms with E-state index < -0.39 is 17.9 Å².